The minimum Gasteiger partial charge on any atom is -1.00 e. The SMILES string of the molecule is COc1cccc([Si](C)(C)[O-])c1OC.[Cl-].[Mg+2]. The molecule has 0 N–H and O–H groups in total. The van der Waals surface area contributed by atoms with Crippen LogP contribution >= 0.6 is 0 Å². The third-order valence-electron chi connectivity index (χ3n) is 2.05. The van der Waals surface area contributed by atoms with Gasteiger partial charge in [0.1, 0.15) is 0 Å². The van der Waals surface area contributed by atoms with Gasteiger partial charge in [-0.1, -0.05) is 25.2 Å². The first-order valence-corrected chi connectivity index (χ1v) is 7.33. The molecule has 0 aliphatic rings. The Bertz CT molecular complexity index is 328. The maximum atomic E-state index is 12.0. The molecule has 1 aromatic carbocycles. The molecule has 0 saturated carbocycles. The second-order valence-corrected chi connectivity index (χ2v) is 7.11. The van der Waals surface area contributed by atoms with Crippen molar-refractivity contribution in [1.82, 2.24) is 0 Å². The van der Waals surface area contributed by atoms with E-state index in [2.05, 4.69) is 0 Å². The van der Waals surface area contributed by atoms with Crippen LogP contribution in [-0.2, 0) is 0 Å². The Hall–Kier alpha value is 0.0531. The number of para-hydroxylation sites is 1. The summed E-state index contributed by atoms with van der Waals surface area (Å²) in [6, 6.07) is 5.44. The molecule has 0 aliphatic carbocycles. The Morgan fingerprint density at radius 2 is 1.69 bits per heavy atom. The fourth-order valence-corrected chi connectivity index (χ4v) is 2.63. The fourth-order valence-electron chi connectivity index (χ4n) is 1.36. The molecule has 1 rings (SSSR count). The van der Waals surface area contributed by atoms with E-state index in [0.717, 1.165) is 5.19 Å². The molecule has 16 heavy (non-hydrogen) atoms. The van der Waals surface area contributed by atoms with E-state index >= 15 is 0 Å². The molecule has 0 saturated heterocycles. The summed E-state index contributed by atoms with van der Waals surface area (Å²) in [5.74, 6) is 1.21. The van der Waals surface area contributed by atoms with E-state index in [1.807, 2.05) is 12.1 Å². The van der Waals surface area contributed by atoms with Gasteiger partial charge in [0.15, 0.2) is 11.5 Å². The van der Waals surface area contributed by atoms with E-state index in [-0.39, 0.29) is 35.5 Å². The van der Waals surface area contributed by atoms with Crippen molar-refractivity contribution in [2.45, 2.75) is 13.1 Å². The van der Waals surface area contributed by atoms with Crippen LogP contribution in [0.3, 0.4) is 0 Å². The Morgan fingerprint density at radius 1 is 1.12 bits per heavy atom. The van der Waals surface area contributed by atoms with Gasteiger partial charge in [0, 0.05) is 0 Å². The zero-order valence-corrected chi connectivity index (χ0v) is 13.2. The Morgan fingerprint density at radius 3 is 2.06 bits per heavy atom. The molecule has 3 nitrogen and oxygen atoms in total. The second kappa shape index (κ2) is 7.39. The van der Waals surface area contributed by atoms with Gasteiger partial charge in [-0.25, -0.2) is 0 Å². The van der Waals surface area contributed by atoms with Gasteiger partial charge in [-0.15, -0.1) is 0 Å². The molecule has 1 aromatic rings. The summed E-state index contributed by atoms with van der Waals surface area (Å²) in [5, 5.41) is 0.749. The average Bonchev–Trinajstić information content (AvgIpc) is 2.15. The summed E-state index contributed by atoms with van der Waals surface area (Å²) in [4.78, 5) is 12.0. The zero-order chi connectivity index (χ0) is 10.8. The molecule has 0 atom stereocenters. The smallest absolute Gasteiger partial charge is 1.00 e. The molecule has 86 valence electrons. The molecule has 6 heteroatoms. The molecule has 0 radical (unpaired) electrons. The fraction of sp³-hybridized carbons (Fsp3) is 0.400. The van der Waals surface area contributed by atoms with E-state index in [0.29, 0.717) is 11.5 Å². The first-order chi connectivity index (χ1) is 6.50. The molecule has 0 fully saturated rings. The van der Waals surface area contributed by atoms with Crippen LogP contribution in [0.15, 0.2) is 18.2 Å². The number of benzene rings is 1. The van der Waals surface area contributed by atoms with E-state index in [1.165, 1.54) is 0 Å². The predicted molar refractivity (Wildman–Crippen MR) is 62.4 cm³/mol. The Balaban J connectivity index is 0. The van der Waals surface area contributed by atoms with Gasteiger partial charge in [0.25, 0.3) is 0 Å². The largest absolute Gasteiger partial charge is 2.00 e. The number of methoxy groups -OCH3 is 2. The summed E-state index contributed by atoms with van der Waals surface area (Å²) in [6.45, 7) is 3.48. The number of halogens is 1. The maximum absolute atomic E-state index is 12.0. The first kappa shape index (κ1) is 18.4. The Kier molecular flexibility index (Phi) is 8.51. The zero-order valence-electron chi connectivity index (χ0n) is 10.0. The van der Waals surface area contributed by atoms with Crippen LogP contribution in [0.25, 0.3) is 0 Å². The summed E-state index contributed by atoms with van der Waals surface area (Å²) < 4.78 is 10.3. The van der Waals surface area contributed by atoms with Crippen LogP contribution in [-0.4, -0.2) is 45.6 Å². The van der Waals surface area contributed by atoms with Gasteiger partial charge in [-0.3, -0.25) is 0 Å². The third-order valence-corrected chi connectivity index (χ3v) is 3.74. The van der Waals surface area contributed by atoms with E-state index in [4.69, 9.17) is 9.47 Å². The van der Waals surface area contributed by atoms with Crippen molar-refractivity contribution in [1.29, 1.82) is 0 Å². The van der Waals surface area contributed by atoms with Crippen molar-refractivity contribution in [3.63, 3.8) is 0 Å². The molecule has 0 spiro atoms. The molecule has 0 aromatic heterocycles. The van der Waals surface area contributed by atoms with Gasteiger partial charge in [0.2, 0.25) is 0 Å². The van der Waals surface area contributed by atoms with Crippen LogP contribution < -0.4 is 31.9 Å². The van der Waals surface area contributed by atoms with Crippen LogP contribution in [0.1, 0.15) is 0 Å². The van der Waals surface area contributed by atoms with Crippen molar-refractivity contribution < 1.29 is 26.7 Å². The minimum atomic E-state index is -2.60. The number of hydrogen-bond donors (Lipinski definition) is 0. The monoisotopic (exact) mass is 270 g/mol. The van der Waals surface area contributed by atoms with Gasteiger partial charge in [-0.05, 0) is 19.6 Å². The number of hydrogen-bond acceptors (Lipinski definition) is 3. The molecule has 0 unspecified atom stereocenters. The van der Waals surface area contributed by atoms with Crippen molar-refractivity contribution in [3.8, 4) is 11.5 Å². The third kappa shape index (κ3) is 4.14. The van der Waals surface area contributed by atoms with E-state index in [9.17, 15) is 4.80 Å². The minimum absolute atomic E-state index is 0. The van der Waals surface area contributed by atoms with Crippen LogP contribution in [0, 0.1) is 0 Å². The van der Waals surface area contributed by atoms with Crippen molar-refractivity contribution in [3.05, 3.63) is 18.2 Å². The van der Waals surface area contributed by atoms with Crippen LogP contribution in [0.4, 0.5) is 0 Å². The van der Waals surface area contributed by atoms with Crippen molar-refractivity contribution in [2.75, 3.05) is 14.2 Å². The topological polar surface area (TPSA) is 41.5 Å². The maximum Gasteiger partial charge on any atom is 2.00 e. The Labute approximate surface area is 120 Å². The van der Waals surface area contributed by atoms with Gasteiger partial charge in [0.05, 0.1) is 14.2 Å². The summed E-state index contributed by atoms with van der Waals surface area (Å²) in [7, 11) is 0.526. The quantitative estimate of drug-likeness (QED) is 0.554. The second-order valence-electron chi connectivity index (χ2n) is 3.55. The normalized spacial score (nSPS) is 9.81. The number of rotatable bonds is 3. The summed E-state index contributed by atoms with van der Waals surface area (Å²) in [6.07, 6.45) is 0. The predicted octanol–water partition coefficient (Wildman–Crippen LogP) is -2.90. The summed E-state index contributed by atoms with van der Waals surface area (Å²) in [5.41, 5.74) is 0. The van der Waals surface area contributed by atoms with Gasteiger partial charge < -0.3 is 26.7 Å². The molecule has 0 aliphatic heterocycles. The molecule has 0 amide bonds. The first-order valence-electron chi connectivity index (χ1n) is 4.42. The average molecular weight is 271 g/mol. The van der Waals surface area contributed by atoms with Crippen molar-refractivity contribution in [2.24, 2.45) is 0 Å². The molecule has 0 heterocycles. The van der Waals surface area contributed by atoms with E-state index in [1.54, 1.807) is 33.4 Å². The van der Waals surface area contributed by atoms with E-state index < -0.39 is 8.32 Å². The standard InChI is InChI=1S/C10H15O3Si.ClH.Mg/c1-12-8-6-5-7-9(10(8)13-2)14(3,4)11;;/h5-7H,1-4H3;1H;/q-1;;+2/p-1. The van der Waals surface area contributed by atoms with Gasteiger partial charge >= 0.3 is 23.1 Å². The van der Waals surface area contributed by atoms with Crippen LogP contribution in [0.2, 0.25) is 13.1 Å². The number of ether oxygens (including phenoxy) is 2. The molecular weight excluding hydrogens is 256 g/mol. The summed E-state index contributed by atoms with van der Waals surface area (Å²) >= 11 is 0. The van der Waals surface area contributed by atoms with Gasteiger partial charge in [-0.2, -0.15) is 0 Å². The molecular formula is C10H15ClMgO3Si. The van der Waals surface area contributed by atoms with Crippen molar-refractivity contribution >= 4 is 36.6 Å². The molecule has 0 bridgehead atoms. The van der Waals surface area contributed by atoms with Crippen LogP contribution in [0.5, 0.6) is 11.5 Å².